The third-order valence-electron chi connectivity index (χ3n) is 3.30. The third kappa shape index (κ3) is 9.13. The minimum atomic E-state index is -1.11. The van der Waals surface area contributed by atoms with Crippen molar-refractivity contribution in [3.63, 3.8) is 0 Å². The molecule has 0 fully saturated rings. The number of ether oxygens (including phenoxy) is 2. The number of carbonyl (C=O) groups is 4. The summed E-state index contributed by atoms with van der Waals surface area (Å²) in [7, 11) is 0. The number of aromatic nitrogens is 1. The average Bonchev–Trinajstić information content (AvgIpc) is 2.96. The first-order chi connectivity index (χ1) is 13.2. The molecule has 0 aromatic carbocycles. The van der Waals surface area contributed by atoms with Crippen LogP contribution in [-0.4, -0.2) is 45.8 Å². The summed E-state index contributed by atoms with van der Waals surface area (Å²) in [6.45, 7) is 10.2. The zero-order chi connectivity index (χ0) is 22.4. The van der Waals surface area contributed by atoms with Gasteiger partial charge in [0.25, 0.3) is 11.8 Å². The Balaban J connectivity index is 2.89. The van der Waals surface area contributed by atoms with Gasteiger partial charge in [-0.05, 0) is 60.1 Å². The molecule has 0 radical (unpaired) electrons. The van der Waals surface area contributed by atoms with E-state index in [0.717, 1.165) is 4.68 Å². The van der Waals surface area contributed by atoms with E-state index in [-0.39, 0.29) is 18.5 Å². The second kappa shape index (κ2) is 9.44. The fourth-order valence-electron chi connectivity index (χ4n) is 2.25. The normalized spacial score (nSPS) is 12.6. The van der Waals surface area contributed by atoms with Gasteiger partial charge in [-0.25, -0.2) is 4.79 Å². The number of esters is 1. The van der Waals surface area contributed by atoms with Crippen molar-refractivity contribution in [1.82, 2.24) is 9.99 Å². The number of hydrogen-bond donors (Lipinski definition) is 3. The van der Waals surface area contributed by atoms with Gasteiger partial charge in [-0.15, -0.1) is 0 Å². The molecule has 10 heteroatoms. The first-order valence-corrected chi connectivity index (χ1v) is 9.17. The average molecular weight is 410 g/mol. The van der Waals surface area contributed by atoms with Crippen molar-refractivity contribution >= 4 is 23.9 Å². The molecule has 1 aromatic rings. The van der Waals surface area contributed by atoms with Gasteiger partial charge in [-0.3, -0.25) is 24.5 Å². The molecule has 10 nitrogen and oxygen atoms in total. The standard InChI is InChI=1S/C19H30N4O6/c1-18(2,3)28-14(24)10-9-12(21-17(27)29-19(4,5)6)16(26)22-23-11-7-8-13(23)15(20)25/h7-8,11-12H,9-10H2,1-6H3,(H2,20,25)(H,21,27)(H,22,26)/t12-/m0/s1. The minimum absolute atomic E-state index is 0.0346. The SMILES string of the molecule is CC(C)(C)OC(=O)CC[C@H](NC(=O)OC(C)(C)C)C(=O)Nn1cccc1C(N)=O. The molecule has 162 valence electrons. The van der Waals surface area contributed by atoms with Gasteiger partial charge in [0.15, 0.2) is 0 Å². The van der Waals surface area contributed by atoms with Crippen LogP contribution in [0.15, 0.2) is 18.3 Å². The number of nitrogens with one attached hydrogen (secondary N) is 2. The number of alkyl carbamates (subject to hydrolysis) is 1. The lowest BCUT2D eigenvalue weighted by atomic mass is 10.1. The topological polar surface area (TPSA) is 142 Å². The Morgan fingerprint density at radius 1 is 1.07 bits per heavy atom. The van der Waals surface area contributed by atoms with Crippen LogP contribution in [0.3, 0.4) is 0 Å². The molecule has 0 unspecified atom stereocenters. The van der Waals surface area contributed by atoms with Gasteiger partial charge in [0.05, 0.1) is 0 Å². The van der Waals surface area contributed by atoms with Gasteiger partial charge in [0.2, 0.25) is 0 Å². The van der Waals surface area contributed by atoms with Crippen LogP contribution in [-0.2, 0) is 19.1 Å². The van der Waals surface area contributed by atoms with Gasteiger partial charge < -0.3 is 20.5 Å². The first kappa shape index (κ1) is 24.0. The monoisotopic (exact) mass is 410 g/mol. The summed E-state index contributed by atoms with van der Waals surface area (Å²) in [4.78, 5) is 48.2. The first-order valence-electron chi connectivity index (χ1n) is 9.17. The van der Waals surface area contributed by atoms with E-state index in [1.165, 1.54) is 18.3 Å². The van der Waals surface area contributed by atoms with Crippen molar-refractivity contribution in [1.29, 1.82) is 0 Å². The van der Waals surface area contributed by atoms with Gasteiger partial charge in [0, 0.05) is 12.6 Å². The smallest absolute Gasteiger partial charge is 0.408 e. The van der Waals surface area contributed by atoms with Crippen molar-refractivity contribution in [3.8, 4) is 0 Å². The van der Waals surface area contributed by atoms with E-state index < -0.39 is 41.1 Å². The van der Waals surface area contributed by atoms with E-state index in [2.05, 4.69) is 10.7 Å². The van der Waals surface area contributed by atoms with E-state index in [0.29, 0.717) is 0 Å². The number of nitrogens with two attached hydrogens (primary N) is 1. The maximum Gasteiger partial charge on any atom is 0.408 e. The highest BCUT2D eigenvalue weighted by Crippen LogP contribution is 2.12. The highest BCUT2D eigenvalue weighted by Gasteiger charge is 2.27. The quantitative estimate of drug-likeness (QED) is 0.584. The van der Waals surface area contributed by atoms with Gasteiger partial charge >= 0.3 is 12.1 Å². The lowest BCUT2D eigenvalue weighted by Gasteiger charge is -2.24. The number of rotatable bonds is 7. The van der Waals surface area contributed by atoms with Crippen molar-refractivity contribution in [2.45, 2.75) is 71.6 Å². The fourth-order valence-corrected chi connectivity index (χ4v) is 2.25. The van der Waals surface area contributed by atoms with E-state index in [1.54, 1.807) is 41.5 Å². The van der Waals surface area contributed by atoms with Gasteiger partial charge in [0.1, 0.15) is 22.9 Å². The molecule has 29 heavy (non-hydrogen) atoms. The highest BCUT2D eigenvalue weighted by atomic mass is 16.6. The third-order valence-corrected chi connectivity index (χ3v) is 3.30. The molecule has 0 aliphatic heterocycles. The molecule has 0 aliphatic rings. The molecular weight excluding hydrogens is 380 g/mol. The fraction of sp³-hybridized carbons (Fsp3) is 0.579. The Kier molecular flexibility index (Phi) is 7.81. The van der Waals surface area contributed by atoms with Crippen molar-refractivity contribution in [2.75, 3.05) is 5.43 Å². The number of nitrogens with zero attached hydrogens (tertiary/aromatic N) is 1. The second-order valence-corrected chi connectivity index (χ2v) is 8.43. The maximum atomic E-state index is 12.7. The number of amides is 3. The van der Waals surface area contributed by atoms with E-state index >= 15 is 0 Å². The maximum absolute atomic E-state index is 12.7. The molecule has 0 spiro atoms. The molecule has 0 saturated heterocycles. The van der Waals surface area contributed by atoms with E-state index in [1.807, 2.05) is 0 Å². The predicted octanol–water partition coefficient (Wildman–Crippen LogP) is 1.67. The molecule has 1 heterocycles. The van der Waals surface area contributed by atoms with Crippen LogP contribution in [0.1, 0.15) is 64.9 Å². The molecule has 0 bridgehead atoms. The van der Waals surface area contributed by atoms with E-state index in [9.17, 15) is 19.2 Å². The second-order valence-electron chi connectivity index (χ2n) is 8.43. The molecule has 1 aromatic heterocycles. The molecule has 3 amide bonds. The van der Waals surface area contributed by atoms with Crippen molar-refractivity contribution < 1.29 is 28.7 Å². The summed E-state index contributed by atoms with van der Waals surface area (Å²) in [5.74, 6) is -1.90. The minimum Gasteiger partial charge on any atom is -0.460 e. The lowest BCUT2D eigenvalue weighted by molar-refractivity contribution is -0.155. The van der Waals surface area contributed by atoms with Crippen LogP contribution < -0.4 is 16.5 Å². The largest absolute Gasteiger partial charge is 0.460 e. The van der Waals surface area contributed by atoms with Crippen molar-refractivity contribution in [3.05, 3.63) is 24.0 Å². The zero-order valence-corrected chi connectivity index (χ0v) is 17.7. The predicted molar refractivity (Wildman–Crippen MR) is 106 cm³/mol. The molecule has 0 saturated carbocycles. The molecule has 4 N–H and O–H groups in total. The van der Waals surface area contributed by atoms with Crippen LogP contribution in [0.2, 0.25) is 0 Å². The zero-order valence-electron chi connectivity index (χ0n) is 17.7. The van der Waals surface area contributed by atoms with Crippen LogP contribution >= 0.6 is 0 Å². The number of hydrogen-bond acceptors (Lipinski definition) is 6. The summed E-state index contributed by atoms with van der Waals surface area (Å²) < 4.78 is 11.5. The molecule has 1 rings (SSSR count). The Morgan fingerprint density at radius 2 is 1.66 bits per heavy atom. The van der Waals surface area contributed by atoms with Gasteiger partial charge in [-0.1, -0.05) is 0 Å². The lowest BCUT2D eigenvalue weighted by Crippen LogP contribution is -2.48. The van der Waals surface area contributed by atoms with E-state index in [4.69, 9.17) is 15.2 Å². The summed E-state index contributed by atoms with van der Waals surface area (Å²) in [5, 5.41) is 2.44. The van der Waals surface area contributed by atoms with Crippen LogP contribution in [0.25, 0.3) is 0 Å². The summed E-state index contributed by atoms with van der Waals surface area (Å²) in [5.41, 5.74) is 6.34. The Morgan fingerprint density at radius 3 is 2.17 bits per heavy atom. The van der Waals surface area contributed by atoms with Crippen molar-refractivity contribution in [2.24, 2.45) is 5.73 Å². The Labute approximate surface area is 170 Å². The number of carbonyl (C=O) groups excluding carboxylic acids is 4. The highest BCUT2D eigenvalue weighted by molar-refractivity contribution is 5.95. The van der Waals surface area contributed by atoms with Crippen LogP contribution in [0.4, 0.5) is 4.79 Å². The molecular formula is C19H30N4O6. The molecule has 1 atom stereocenters. The van der Waals surface area contributed by atoms with Crippen LogP contribution in [0, 0.1) is 0 Å². The Hall–Kier alpha value is -3.04. The summed E-state index contributed by atoms with van der Waals surface area (Å²) in [6.07, 6.45) is 0.466. The Bertz CT molecular complexity index is 757. The number of primary amides is 1. The molecule has 0 aliphatic carbocycles. The summed E-state index contributed by atoms with van der Waals surface area (Å²) in [6, 6.07) is 1.84. The van der Waals surface area contributed by atoms with Crippen LogP contribution in [0.5, 0.6) is 0 Å². The van der Waals surface area contributed by atoms with Gasteiger partial charge in [-0.2, -0.15) is 0 Å². The summed E-state index contributed by atoms with van der Waals surface area (Å²) >= 11 is 0.